The van der Waals surface area contributed by atoms with Crippen LogP contribution in [0.25, 0.3) is 6.08 Å². The van der Waals surface area contributed by atoms with E-state index in [4.69, 9.17) is 14.2 Å². The molecule has 0 unspecified atom stereocenters. The Bertz CT molecular complexity index is 692. The SMILES string of the molecule is CCOc1ccc(/C=C/C(=O)NCC2(N3CCOCC3)CCCCC2)cc1OC. The summed E-state index contributed by atoms with van der Waals surface area (Å²) in [6.45, 7) is 6.70. The molecule has 6 heteroatoms. The topological polar surface area (TPSA) is 60.0 Å². The number of amides is 1. The van der Waals surface area contributed by atoms with Crippen molar-refractivity contribution in [2.75, 3.05) is 46.6 Å². The van der Waals surface area contributed by atoms with Crippen LogP contribution in [0.5, 0.6) is 11.5 Å². The monoisotopic (exact) mass is 402 g/mol. The summed E-state index contributed by atoms with van der Waals surface area (Å²) in [7, 11) is 1.62. The van der Waals surface area contributed by atoms with Crippen LogP contribution in [-0.2, 0) is 9.53 Å². The predicted octanol–water partition coefficient (Wildman–Crippen LogP) is 3.26. The molecule has 1 aliphatic heterocycles. The van der Waals surface area contributed by atoms with E-state index in [1.807, 2.05) is 31.2 Å². The first-order valence-electron chi connectivity index (χ1n) is 10.8. The number of carbonyl (C=O) groups excluding carboxylic acids is 1. The fraction of sp³-hybridized carbons (Fsp3) is 0.609. The molecule has 1 N–H and O–H groups in total. The number of methoxy groups -OCH3 is 1. The molecular weight excluding hydrogens is 368 g/mol. The lowest BCUT2D eigenvalue weighted by Crippen LogP contribution is -2.59. The third kappa shape index (κ3) is 5.73. The number of hydrogen-bond acceptors (Lipinski definition) is 5. The van der Waals surface area contributed by atoms with Gasteiger partial charge in [0.15, 0.2) is 11.5 Å². The highest BCUT2D eigenvalue weighted by molar-refractivity contribution is 5.91. The summed E-state index contributed by atoms with van der Waals surface area (Å²) < 4.78 is 16.5. The van der Waals surface area contributed by atoms with E-state index < -0.39 is 0 Å². The van der Waals surface area contributed by atoms with Crippen LogP contribution in [0.2, 0.25) is 0 Å². The van der Waals surface area contributed by atoms with Crippen LogP contribution in [-0.4, -0.2) is 62.9 Å². The standard InChI is InChI=1S/C23H34N2O4/c1-3-29-20-9-7-19(17-21(20)27-2)8-10-22(26)24-18-23(11-5-4-6-12-23)25-13-15-28-16-14-25/h7-10,17H,3-6,11-16,18H2,1-2H3,(H,24,26)/b10-8+. The highest BCUT2D eigenvalue weighted by Crippen LogP contribution is 2.34. The van der Waals surface area contributed by atoms with Crippen molar-refractivity contribution in [2.45, 2.75) is 44.6 Å². The maximum atomic E-state index is 12.5. The first-order valence-corrected chi connectivity index (χ1v) is 10.8. The average molecular weight is 403 g/mol. The van der Waals surface area contributed by atoms with Crippen LogP contribution in [0, 0.1) is 0 Å². The summed E-state index contributed by atoms with van der Waals surface area (Å²) in [5.41, 5.74) is 0.981. The van der Waals surface area contributed by atoms with E-state index in [1.165, 1.54) is 19.3 Å². The molecule has 3 rings (SSSR count). The molecule has 160 valence electrons. The highest BCUT2D eigenvalue weighted by atomic mass is 16.5. The Hall–Kier alpha value is -2.05. The van der Waals surface area contributed by atoms with E-state index in [0.717, 1.165) is 44.7 Å². The van der Waals surface area contributed by atoms with Gasteiger partial charge in [0, 0.05) is 31.2 Å². The normalized spacial score (nSPS) is 19.8. The minimum absolute atomic E-state index is 0.0592. The fourth-order valence-electron chi connectivity index (χ4n) is 4.40. The van der Waals surface area contributed by atoms with Crippen LogP contribution in [0.1, 0.15) is 44.6 Å². The van der Waals surface area contributed by atoms with Crippen LogP contribution in [0.15, 0.2) is 24.3 Å². The van der Waals surface area contributed by atoms with E-state index in [2.05, 4.69) is 10.2 Å². The Morgan fingerprint density at radius 2 is 1.97 bits per heavy atom. The third-order valence-corrected chi connectivity index (χ3v) is 5.97. The minimum atomic E-state index is -0.0592. The van der Waals surface area contributed by atoms with Crippen molar-refractivity contribution in [1.82, 2.24) is 10.2 Å². The molecule has 1 aromatic carbocycles. The molecule has 1 heterocycles. The van der Waals surface area contributed by atoms with Gasteiger partial charge in [-0.15, -0.1) is 0 Å². The first-order chi connectivity index (χ1) is 14.2. The van der Waals surface area contributed by atoms with E-state index in [1.54, 1.807) is 13.2 Å². The molecule has 2 fully saturated rings. The van der Waals surface area contributed by atoms with Gasteiger partial charge in [-0.25, -0.2) is 0 Å². The number of ether oxygens (including phenoxy) is 3. The summed E-state index contributed by atoms with van der Waals surface area (Å²) >= 11 is 0. The Kier molecular flexibility index (Phi) is 7.95. The number of nitrogens with one attached hydrogen (secondary N) is 1. The molecule has 0 aromatic heterocycles. The molecule has 1 aromatic rings. The van der Waals surface area contributed by atoms with Crippen LogP contribution in [0.3, 0.4) is 0 Å². The van der Waals surface area contributed by atoms with Crippen molar-refractivity contribution >= 4 is 12.0 Å². The number of morpholine rings is 1. The Balaban J connectivity index is 1.60. The van der Waals surface area contributed by atoms with Crippen LogP contribution in [0.4, 0.5) is 0 Å². The second-order valence-corrected chi connectivity index (χ2v) is 7.78. The number of hydrogen-bond donors (Lipinski definition) is 1. The van der Waals surface area contributed by atoms with Crippen LogP contribution >= 0.6 is 0 Å². The van der Waals surface area contributed by atoms with E-state index >= 15 is 0 Å². The highest BCUT2D eigenvalue weighted by Gasteiger charge is 2.38. The lowest BCUT2D eigenvalue weighted by molar-refractivity contribution is -0.117. The molecule has 1 aliphatic carbocycles. The van der Waals surface area contributed by atoms with Gasteiger partial charge in [0.25, 0.3) is 0 Å². The van der Waals surface area contributed by atoms with Gasteiger partial charge in [-0.1, -0.05) is 25.3 Å². The Labute approximate surface area is 174 Å². The predicted molar refractivity (Wildman–Crippen MR) is 114 cm³/mol. The van der Waals surface area contributed by atoms with Crippen molar-refractivity contribution in [3.05, 3.63) is 29.8 Å². The van der Waals surface area contributed by atoms with Crippen molar-refractivity contribution in [1.29, 1.82) is 0 Å². The summed E-state index contributed by atoms with van der Waals surface area (Å²) in [5, 5.41) is 3.16. The van der Waals surface area contributed by atoms with Gasteiger partial charge in [-0.3, -0.25) is 9.69 Å². The zero-order valence-corrected chi connectivity index (χ0v) is 17.7. The number of carbonyl (C=O) groups is 1. The number of rotatable bonds is 8. The molecule has 1 saturated carbocycles. The summed E-state index contributed by atoms with van der Waals surface area (Å²) in [6, 6.07) is 5.67. The fourth-order valence-corrected chi connectivity index (χ4v) is 4.40. The van der Waals surface area contributed by atoms with Gasteiger partial charge in [-0.05, 0) is 43.5 Å². The second-order valence-electron chi connectivity index (χ2n) is 7.78. The molecular formula is C23H34N2O4. The Morgan fingerprint density at radius 3 is 2.66 bits per heavy atom. The molecule has 0 bridgehead atoms. The van der Waals surface area contributed by atoms with Gasteiger partial charge < -0.3 is 19.5 Å². The maximum Gasteiger partial charge on any atom is 0.244 e. The van der Waals surface area contributed by atoms with Gasteiger partial charge in [0.1, 0.15) is 0 Å². The average Bonchev–Trinajstić information content (AvgIpc) is 2.78. The van der Waals surface area contributed by atoms with Gasteiger partial charge in [-0.2, -0.15) is 0 Å². The third-order valence-electron chi connectivity index (χ3n) is 5.97. The zero-order chi connectivity index (χ0) is 20.5. The van der Waals surface area contributed by atoms with E-state index in [-0.39, 0.29) is 11.4 Å². The Morgan fingerprint density at radius 1 is 1.21 bits per heavy atom. The van der Waals surface area contributed by atoms with Crippen molar-refractivity contribution in [3.8, 4) is 11.5 Å². The molecule has 1 saturated heterocycles. The lowest BCUT2D eigenvalue weighted by atomic mass is 9.79. The van der Waals surface area contributed by atoms with Crippen molar-refractivity contribution in [3.63, 3.8) is 0 Å². The molecule has 1 amide bonds. The van der Waals surface area contributed by atoms with Gasteiger partial charge in [0.2, 0.25) is 5.91 Å². The summed E-state index contributed by atoms with van der Waals surface area (Å²) in [5.74, 6) is 1.32. The largest absolute Gasteiger partial charge is 0.493 e. The molecule has 29 heavy (non-hydrogen) atoms. The second kappa shape index (κ2) is 10.6. The smallest absolute Gasteiger partial charge is 0.244 e. The quantitative estimate of drug-likeness (QED) is 0.677. The number of nitrogens with zero attached hydrogens (tertiary/aromatic N) is 1. The zero-order valence-electron chi connectivity index (χ0n) is 17.7. The van der Waals surface area contributed by atoms with Gasteiger partial charge >= 0.3 is 0 Å². The van der Waals surface area contributed by atoms with E-state index in [0.29, 0.717) is 24.7 Å². The molecule has 0 atom stereocenters. The first kappa shape index (κ1) is 21.7. The summed E-state index contributed by atoms with van der Waals surface area (Å²) in [6.07, 6.45) is 9.46. The van der Waals surface area contributed by atoms with Gasteiger partial charge in [0.05, 0.1) is 26.9 Å². The molecule has 2 aliphatic rings. The van der Waals surface area contributed by atoms with Crippen molar-refractivity contribution in [2.24, 2.45) is 0 Å². The molecule has 0 spiro atoms. The molecule has 6 nitrogen and oxygen atoms in total. The molecule has 0 radical (unpaired) electrons. The minimum Gasteiger partial charge on any atom is -0.493 e. The summed E-state index contributed by atoms with van der Waals surface area (Å²) in [4.78, 5) is 15.0. The number of benzene rings is 1. The van der Waals surface area contributed by atoms with E-state index in [9.17, 15) is 4.79 Å². The van der Waals surface area contributed by atoms with Crippen molar-refractivity contribution < 1.29 is 19.0 Å². The lowest BCUT2D eigenvalue weighted by Gasteiger charge is -2.48. The maximum absolute atomic E-state index is 12.5. The van der Waals surface area contributed by atoms with Crippen LogP contribution < -0.4 is 14.8 Å².